The van der Waals surface area contributed by atoms with Gasteiger partial charge in [0.15, 0.2) is 11.5 Å². The second kappa shape index (κ2) is 5.15. The summed E-state index contributed by atoms with van der Waals surface area (Å²) in [5, 5.41) is 4.64. The molecule has 4 rings (SSSR count). The molecule has 0 saturated heterocycles. The Hall–Kier alpha value is -2.77. The Morgan fingerprint density at radius 1 is 1.30 bits per heavy atom. The number of halogens is 1. The molecule has 1 aliphatic carbocycles. The maximum atomic E-state index is 14.1. The first-order valence-electron chi connectivity index (χ1n) is 7.38. The van der Waals surface area contributed by atoms with Crippen molar-refractivity contribution in [3.8, 4) is 17.1 Å². The molecule has 3 aromatic heterocycles. The highest BCUT2D eigenvalue weighted by molar-refractivity contribution is 5.61. The first kappa shape index (κ1) is 13.9. The van der Waals surface area contributed by atoms with Crippen LogP contribution in [0.25, 0.3) is 17.0 Å². The number of ether oxygens (including phenoxy) is 1. The van der Waals surface area contributed by atoms with Gasteiger partial charge in [-0.2, -0.15) is 5.10 Å². The van der Waals surface area contributed by atoms with Gasteiger partial charge in [0.2, 0.25) is 5.95 Å². The summed E-state index contributed by atoms with van der Waals surface area (Å²) in [4.78, 5) is 11.9. The first-order valence-corrected chi connectivity index (χ1v) is 7.38. The molecule has 0 bridgehead atoms. The lowest BCUT2D eigenvalue weighted by Gasteiger charge is -2.26. The van der Waals surface area contributed by atoms with E-state index in [9.17, 15) is 4.39 Å². The standard InChI is InChI=1S/C15H15FN6O/c1-23-11-5-12-18-7-10(14-9(16)6-19-15(17)20-14)22(12)21-13(11)8-3-2-4-8/h5-8H,2-4H2,1H3,(H2,17,19,20). The molecule has 2 N–H and O–H groups in total. The Morgan fingerprint density at radius 2 is 2.13 bits per heavy atom. The van der Waals surface area contributed by atoms with Crippen LogP contribution in [0.2, 0.25) is 0 Å². The van der Waals surface area contributed by atoms with Crippen LogP contribution in [0.4, 0.5) is 10.3 Å². The molecule has 8 heteroatoms. The molecule has 1 saturated carbocycles. The molecule has 0 unspecified atom stereocenters. The van der Waals surface area contributed by atoms with Crippen LogP contribution in [0.15, 0.2) is 18.5 Å². The van der Waals surface area contributed by atoms with Gasteiger partial charge >= 0.3 is 0 Å². The van der Waals surface area contributed by atoms with E-state index >= 15 is 0 Å². The smallest absolute Gasteiger partial charge is 0.220 e. The van der Waals surface area contributed by atoms with Crippen LogP contribution >= 0.6 is 0 Å². The predicted octanol–water partition coefficient (Wildman–Crippen LogP) is 2.18. The molecule has 0 aromatic carbocycles. The van der Waals surface area contributed by atoms with Crippen molar-refractivity contribution in [2.45, 2.75) is 25.2 Å². The summed E-state index contributed by atoms with van der Waals surface area (Å²) >= 11 is 0. The van der Waals surface area contributed by atoms with Gasteiger partial charge in [-0.25, -0.2) is 23.9 Å². The lowest BCUT2D eigenvalue weighted by atomic mass is 9.82. The lowest BCUT2D eigenvalue weighted by Crippen LogP contribution is -2.14. The van der Waals surface area contributed by atoms with Crippen LogP contribution in [0, 0.1) is 5.82 Å². The highest BCUT2D eigenvalue weighted by Gasteiger charge is 2.26. The maximum Gasteiger partial charge on any atom is 0.220 e. The number of fused-ring (bicyclic) bond motifs is 1. The molecule has 0 spiro atoms. The molecule has 118 valence electrons. The van der Waals surface area contributed by atoms with Gasteiger partial charge in [-0.05, 0) is 12.8 Å². The van der Waals surface area contributed by atoms with E-state index < -0.39 is 5.82 Å². The zero-order valence-electron chi connectivity index (χ0n) is 12.5. The third kappa shape index (κ3) is 2.18. The SMILES string of the molecule is COc1cc2ncc(-c3nc(N)ncc3F)n2nc1C1CCC1. The van der Waals surface area contributed by atoms with Crippen LogP contribution in [0.1, 0.15) is 30.9 Å². The van der Waals surface area contributed by atoms with Crippen LogP contribution in [0.3, 0.4) is 0 Å². The van der Waals surface area contributed by atoms with Crippen LogP contribution < -0.4 is 10.5 Å². The Balaban J connectivity index is 1.93. The number of anilines is 1. The summed E-state index contributed by atoms with van der Waals surface area (Å²) in [5.41, 5.74) is 7.53. The summed E-state index contributed by atoms with van der Waals surface area (Å²) in [6, 6.07) is 1.81. The highest BCUT2D eigenvalue weighted by Crippen LogP contribution is 2.40. The van der Waals surface area contributed by atoms with Gasteiger partial charge in [-0.15, -0.1) is 0 Å². The van der Waals surface area contributed by atoms with Crippen molar-refractivity contribution in [3.05, 3.63) is 30.0 Å². The van der Waals surface area contributed by atoms with Crippen molar-refractivity contribution < 1.29 is 9.13 Å². The fraction of sp³-hybridized carbons (Fsp3) is 0.333. The number of nitrogens with two attached hydrogens (primary N) is 1. The van der Waals surface area contributed by atoms with E-state index in [4.69, 9.17) is 10.5 Å². The lowest BCUT2D eigenvalue weighted by molar-refractivity contribution is 0.362. The van der Waals surface area contributed by atoms with Crippen LogP contribution in [0.5, 0.6) is 5.75 Å². The second-order valence-corrected chi connectivity index (χ2v) is 5.56. The molecule has 0 aliphatic heterocycles. The van der Waals surface area contributed by atoms with Crippen molar-refractivity contribution in [1.29, 1.82) is 0 Å². The molecule has 23 heavy (non-hydrogen) atoms. The summed E-state index contributed by atoms with van der Waals surface area (Å²) in [7, 11) is 1.62. The van der Waals surface area contributed by atoms with E-state index in [1.54, 1.807) is 11.6 Å². The number of methoxy groups -OCH3 is 1. The third-order valence-corrected chi connectivity index (χ3v) is 4.20. The van der Waals surface area contributed by atoms with Crippen molar-refractivity contribution in [2.75, 3.05) is 12.8 Å². The number of imidazole rings is 1. The summed E-state index contributed by atoms with van der Waals surface area (Å²) in [5.74, 6) is 0.514. The first-order chi connectivity index (χ1) is 11.2. The second-order valence-electron chi connectivity index (χ2n) is 5.56. The molecule has 0 radical (unpaired) electrons. The van der Waals surface area contributed by atoms with Crippen LogP contribution in [-0.4, -0.2) is 31.7 Å². The van der Waals surface area contributed by atoms with E-state index in [2.05, 4.69) is 20.1 Å². The molecule has 0 atom stereocenters. The normalized spacial score (nSPS) is 14.9. The fourth-order valence-electron chi connectivity index (χ4n) is 2.76. The summed E-state index contributed by atoms with van der Waals surface area (Å²) in [6.45, 7) is 0. The number of nitrogens with zero attached hydrogens (tertiary/aromatic N) is 5. The quantitative estimate of drug-likeness (QED) is 0.797. The maximum absolute atomic E-state index is 14.1. The van der Waals surface area contributed by atoms with E-state index in [-0.39, 0.29) is 11.6 Å². The van der Waals surface area contributed by atoms with E-state index in [0.29, 0.717) is 23.0 Å². The molecule has 3 heterocycles. The van der Waals surface area contributed by atoms with E-state index in [1.165, 1.54) is 12.6 Å². The van der Waals surface area contributed by atoms with Gasteiger partial charge in [0.1, 0.15) is 22.8 Å². The minimum Gasteiger partial charge on any atom is -0.495 e. The van der Waals surface area contributed by atoms with Gasteiger partial charge in [-0.3, -0.25) is 0 Å². The molecule has 7 nitrogen and oxygen atoms in total. The number of nitrogen functional groups attached to an aromatic ring is 1. The number of hydrogen-bond acceptors (Lipinski definition) is 6. The summed E-state index contributed by atoms with van der Waals surface area (Å²) in [6.07, 6.45) is 5.91. The topological polar surface area (TPSA) is 91.2 Å². The predicted molar refractivity (Wildman–Crippen MR) is 81.5 cm³/mol. The Bertz CT molecular complexity index is 889. The van der Waals surface area contributed by atoms with Crippen molar-refractivity contribution in [1.82, 2.24) is 24.6 Å². The van der Waals surface area contributed by atoms with E-state index in [1.807, 2.05) is 6.07 Å². The molecule has 1 fully saturated rings. The number of rotatable bonds is 3. The minimum absolute atomic E-state index is 0.00378. The fourth-order valence-corrected chi connectivity index (χ4v) is 2.76. The van der Waals surface area contributed by atoms with Crippen molar-refractivity contribution >= 4 is 11.6 Å². The van der Waals surface area contributed by atoms with Crippen LogP contribution in [-0.2, 0) is 0 Å². The third-order valence-electron chi connectivity index (χ3n) is 4.20. The number of aromatic nitrogens is 5. The summed E-state index contributed by atoms with van der Waals surface area (Å²) < 4.78 is 21.1. The highest BCUT2D eigenvalue weighted by atomic mass is 19.1. The largest absolute Gasteiger partial charge is 0.495 e. The average Bonchev–Trinajstić information content (AvgIpc) is 2.90. The molecular formula is C15H15FN6O. The van der Waals surface area contributed by atoms with Crippen molar-refractivity contribution in [3.63, 3.8) is 0 Å². The molecule has 3 aromatic rings. The minimum atomic E-state index is -0.566. The van der Waals surface area contributed by atoms with Gasteiger partial charge in [0.25, 0.3) is 0 Å². The van der Waals surface area contributed by atoms with E-state index in [0.717, 1.165) is 24.7 Å². The molecule has 1 aliphatic rings. The van der Waals surface area contributed by atoms with Crippen molar-refractivity contribution in [2.24, 2.45) is 0 Å². The van der Waals surface area contributed by atoms with Gasteiger partial charge in [0.05, 0.1) is 19.5 Å². The Labute approximate surface area is 131 Å². The Kier molecular flexibility index (Phi) is 3.10. The van der Waals surface area contributed by atoms with Gasteiger partial charge in [-0.1, -0.05) is 6.42 Å². The molecular weight excluding hydrogens is 299 g/mol. The Morgan fingerprint density at radius 3 is 2.83 bits per heavy atom. The number of hydrogen-bond donors (Lipinski definition) is 1. The van der Waals surface area contributed by atoms with Gasteiger partial charge < -0.3 is 10.5 Å². The van der Waals surface area contributed by atoms with Gasteiger partial charge in [0, 0.05) is 12.0 Å². The monoisotopic (exact) mass is 314 g/mol. The zero-order valence-corrected chi connectivity index (χ0v) is 12.5. The molecule has 0 amide bonds. The average molecular weight is 314 g/mol. The zero-order chi connectivity index (χ0) is 16.0.